The third kappa shape index (κ3) is 2.91. The summed E-state index contributed by atoms with van der Waals surface area (Å²) in [7, 11) is 0. The zero-order valence-corrected chi connectivity index (χ0v) is 14.0. The van der Waals surface area contributed by atoms with Crippen LogP contribution in [0.5, 0.6) is 0 Å². The van der Waals surface area contributed by atoms with Crippen LogP contribution in [0.1, 0.15) is 46.0 Å². The number of aliphatic hydroxyl groups excluding tert-OH is 1. The molecule has 0 aromatic carbocycles. The largest absolute Gasteiger partial charge is 0.394 e. The predicted octanol–water partition coefficient (Wildman–Crippen LogP) is 1.25. The second-order valence-corrected chi connectivity index (χ2v) is 7.82. The lowest BCUT2D eigenvalue weighted by Crippen LogP contribution is -2.48. The maximum Gasteiger partial charge on any atom is 0.219 e. The lowest BCUT2D eigenvalue weighted by Gasteiger charge is -2.43. The maximum atomic E-state index is 11.9. The number of carbonyl (C=O) groups is 1. The van der Waals surface area contributed by atoms with Crippen LogP contribution in [0.15, 0.2) is 0 Å². The van der Waals surface area contributed by atoms with Crippen molar-refractivity contribution in [1.82, 2.24) is 9.80 Å². The molecule has 0 aromatic rings. The van der Waals surface area contributed by atoms with Gasteiger partial charge in [-0.3, -0.25) is 4.79 Å². The molecule has 3 rings (SSSR count). The minimum atomic E-state index is -0.368. The van der Waals surface area contributed by atoms with Crippen LogP contribution in [0.25, 0.3) is 0 Å². The Morgan fingerprint density at radius 2 is 1.91 bits per heavy atom. The molecule has 5 nitrogen and oxygen atoms in total. The molecule has 0 aliphatic carbocycles. The smallest absolute Gasteiger partial charge is 0.219 e. The van der Waals surface area contributed by atoms with E-state index in [0.29, 0.717) is 6.04 Å². The van der Waals surface area contributed by atoms with E-state index in [4.69, 9.17) is 4.74 Å². The van der Waals surface area contributed by atoms with Crippen molar-refractivity contribution >= 4 is 5.91 Å². The number of likely N-dealkylation sites (tertiary alicyclic amines) is 2. The fourth-order valence-corrected chi connectivity index (χ4v) is 4.87. The Hall–Kier alpha value is -0.650. The highest BCUT2D eigenvalue weighted by Gasteiger charge is 2.52. The van der Waals surface area contributed by atoms with Crippen LogP contribution in [0, 0.1) is 5.41 Å². The van der Waals surface area contributed by atoms with Gasteiger partial charge in [0, 0.05) is 32.7 Å². The molecular weight excluding hydrogens is 280 g/mol. The third-order valence-electron chi connectivity index (χ3n) is 6.19. The summed E-state index contributed by atoms with van der Waals surface area (Å²) in [5.74, 6) is 0.0975. The van der Waals surface area contributed by atoms with Crippen molar-refractivity contribution in [1.29, 1.82) is 0 Å². The molecule has 0 saturated carbocycles. The van der Waals surface area contributed by atoms with E-state index < -0.39 is 0 Å². The van der Waals surface area contributed by atoms with Crippen molar-refractivity contribution in [2.24, 2.45) is 5.41 Å². The first-order chi connectivity index (χ1) is 10.5. The van der Waals surface area contributed by atoms with E-state index in [1.807, 2.05) is 11.8 Å². The van der Waals surface area contributed by atoms with Crippen LogP contribution >= 0.6 is 0 Å². The van der Waals surface area contributed by atoms with Gasteiger partial charge in [-0.25, -0.2) is 0 Å². The zero-order valence-electron chi connectivity index (χ0n) is 14.0. The molecule has 3 fully saturated rings. The standard InChI is InChI=1S/C17H30N2O3/c1-14(21)19-12-17(11-16(19,2)13-20)5-7-18(8-6-17)15-3-9-22-10-4-15/h15,20H,3-13H2,1-2H3. The average molecular weight is 310 g/mol. The number of hydrogen-bond acceptors (Lipinski definition) is 4. The number of aliphatic hydroxyl groups is 1. The molecule has 3 aliphatic heterocycles. The summed E-state index contributed by atoms with van der Waals surface area (Å²) in [6.45, 7) is 8.59. The van der Waals surface area contributed by atoms with Gasteiger partial charge in [-0.1, -0.05) is 0 Å². The van der Waals surface area contributed by atoms with Crippen molar-refractivity contribution in [3.05, 3.63) is 0 Å². The molecule has 0 radical (unpaired) electrons. The fraction of sp³-hybridized carbons (Fsp3) is 0.941. The van der Waals surface area contributed by atoms with Crippen LogP contribution in [0.4, 0.5) is 0 Å². The fourth-order valence-electron chi connectivity index (χ4n) is 4.87. The number of carbonyl (C=O) groups excluding carboxylic acids is 1. The minimum absolute atomic E-state index is 0.0675. The Kier molecular flexibility index (Phi) is 4.49. The second kappa shape index (κ2) is 6.10. The molecule has 1 amide bonds. The second-order valence-electron chi connectivity index (χ2n) is 7.82. The van der Waals surface area contributed by atoms with Crippen molar-refractivity contribution in [2.45, 2.75) is 57.5 Å². The third-order valence-corrected chi connectivity index (χ3v) is 6.19. The van der Waals surface area contributed by atoms with E-state index >= 15 is 0 Å². The molecule has 3 heterocycles. The van der Waals surface area contributed by atoms with Crippen LogP contribution in [-0.4, -0.2) is 71.8 Å². The molecule has 3 aliphatic rings. The first-order valence-electron chi connectivity index (χ1n) is 8.69. The monoisotopic (exact) mass is 310 g/mol. The van der Waals surface area contributed by atoms with Gasteiger partial charge < -0.3 is 19.6 Å². The molecule has 1 unspecified atom stereocenters. The molecule has 1 spiro atoms. The lowest BCUT2D eigenvalue weighted by molar-refractivity contribution is -0.134. The number of hydrogen-bond donors (Lipinski definition) is 1. The van der Waals surface area contributed by atoms with Gasteiger partial charge in [0.2, 0.25) is 5.91 Å². The van der Waals surface area contributed by atoms with Gasteiger partial charge in [0.15, 0.2) is 0 Å². The Balaban J connectivity index is 1.64. The van der Waals surface area contributed by atoms with Gasteiger partial charge in [-0.2, -0.15) is 0 Å². The Bertz CT molecular complexity index is 414. The van der Waals surface area contributed by atoms with Crippen LogP contribution in [0.2, 0.25) is 0 Å². The molecule has 1 atom stereocenters. The number of rotatable bonds is 2. The highest BCUT2D eigenvalue weighted by molar-refractivity contribution is 5.74. The lowest BCUT2D eigenvalue weighted by atomic mass is 9.74. The molecule has 5 heteroatoms. The Labute approximate surface area is 133 Å². The zero-order chi connectivity index (χ0) is 15.8. The van der Waals surface area contributed by atoms with Gasteiger partial charge in [0.05, 0.1) is 12.1 Å². The molecular formula is C17H30N2O3. The van der Waals surface area contributed by atoms with E-state index in [9.17, 15) is 9.90 Å². The summed E-state index contributed by atoms with van der Waals surface area (Å²) < 4.78 is 5.47. The van der Waals surface area contributed by atoms with Gasteiger partial charge >= 0.3 is 0 Å². The van der Waals surface area contributed by atoms with Crippen molar-refractivity contribution < 1.29 is 14.6 Å². The predicted molar refractivity (Wildman–Crippen MR) is 84.6 cm³/mol. The topological polar surface area (TPSA) is 53.0 Å². The van der Waals surface area contributed by atoms with Crippen LogP contribution in [-0.2, 0) is 9.53 Å². The highest BCUT2D eigenvalue weighted by Crippen LogP contribution is 2.48. The van der Waals surface area contributed by atoms with Crippen molar-refractivity contribution in [2.75, 3.05) is 39.5 Å². The van der Waals surface area contributed by atoms with Crippen LogP contribution in [0.3, 0.4) is 0 Å². The molecule has 22 heavy (non-hydrogen) atoms. The molecule has 126 valence electrons. The van der Waals surface area contributed by atoms with E-state index in [-0.39, 0.29) is 23.5 Å². The van der Waals surface area contributed by atoms with Gasteiger partial charge in [-0.15, -0.1) is 0 Å². The van der Waals surface area contributed by atoms with E-state index in [1.165, 1.54) is 0 Å². The molecule has 3 saturated heterocycles. The first-order valence-corrected chi connectivity index (χ1v) is 8.69. The van der Waals surface area contributed by atoms with Crippen molar-refractivity contribution in [3.63, 3.8) is 0 Å². The Morgan fingerprint density at radius 1 is 1.27 bits per heavy atom. The Morgan fingerprint density at radius 3 is 2.41 bits per heavy atom. The summed E-state index contributed by atoms with van der Waals surface area (Å²) in [6.07, 6.45) is 5.53. The summed E-state index contributed by atoms with van der Waals surface area (Å²) in [5, 5.41) is 9.80. The van der Waals surface area contributed by atoms with Gasteiger partial charge in [-0.05, 0) is 57.5 Å². The van der Waals surface area contributed by atoms with E-state index in [0.717, 1.165) is 65.0 Å². The number of nitrogens with zero attached hydrogens (tertiary/aromatic N) is 2. The normalized spacial score (nSPS) is 33.5. The quantitative estimate of drug-likeness (QED) is 0.834. The molecule has 1 N–H and O–H groups in total. The summed E-state index contributed by atoms with van der Waals surface area (Å²) in [6, 6.07) is 0.681. The minimum Gasteiger partial charge on any atom is -0.394 e. The van der Waals surface area contributed by atoms with E-state index in [1.54, 1.807) is 6.92 Å². The van der Waals surface area contributed by atoms with Gasteiger partial charge in [0.25, 0.3) is 0 Å². The average Bonchev–Trinajstić information content (AvgIpc) is 2.83. The highest BCUT2D eigenvalue weighted by atomic mass is 16.5. The summed E-state index contributed by atoms with van der Waals surface area (Å²) in [5.41, 5.74) is -0.155. The number of amides is 1. The summed E-state index contributed by atoms with van der Waals surface area (Å²) >= 11 is 0. The van der Waals surface area contributed by atoms with Gasteiger partial charge in [0.1, 0.15) is 0 Å². The van der Waals surface area contributed by atoms with Crippen LogP contribution < -0.4 is 0 Å². The number of ether oxygens (including phenoxy) is 1. The maximum absolute atomic E-state index is 11.9. The summed E-state index contributed by atoms with van der Waals surface area (Å²) in [4.78, 5) is 16.5. The molecule has 0 bridgehead atoms. The first kappa shape index (κ1) is 16.2. The molecule has 0 aromatic heterocycles. The SMILES string of the molecule is CC(=O)N1CC2(CCN(C3CCOCC3)CC2)CC1(C)CO. The van der Waals surface area contributed by atoms with Crippen molar-refractivity contribution in [3.8, 4) is 0 Å². The van der Waals surface area contributed by atoms with E-state index in [2.05, 4.69) is 4.90 Å². The number of piperidine rings is 1.